The SMILES string of the molecule is COc1cc(-c2nc3sc4c(c3c(=O)n2Cc2ccccc2)CC(C)CC4)cc(OC)c1OC. The summed E-state index contributed by atoms with van der Waals surface area (Å²) in [5, 5.41) is 0.777. The van der Waals surface area contributed by atoms with Crippen molar-refractivity contribution in [1.82, 2.24) is 9.55 Å². The molecule has 0 fully saturated rings. The fourth-order valence-electron chi connectivity index (χ4n) is 4.77. The van der Waals surface area contributed by atoms with Crippen molar-refractivity contribution in [2.75, 3.05) is 21.3 Å². The van der Waals surface area contributed by atoms with Gasteiger partial charge in [-0.15, -0.1) is 11.3 Å². The monoisotopic (exact) mass is 476 g/mol. The van der Waals surface area contributed by atoms with Crippen LogP contribution >= 0.6 is 11.3 Å². The third kappa shape index (κ3) is 3.84. The van der Waals surface area contributed by atoms with Crippen LogP contribution in [0.4, 0.5) is 0 Å². The normalized spacial score (nSPS) is 15.2. The number of fused-ring (bicyclic) bond motifs is 3. The third-order valence-corrected chi connectivity index (χ3v) is 7.70. The van der Waals surface area contributed by atoms with E-state index in [9.17, 15) is 4.79 Å². The molecule has 7 heteroatoms. The van der Waals surface area contributed by atoms with E-state index >= 15 is 0 Å². The standard InChI is InChI=1S/C27H28N2O4S/c1-16-10-11-22-19(12-16)23-26(34-22)28-25(29(27(23)30)15-17-8-6-5-7-9-17)18-13-20(31-2)24(33-4)21(14-18)32-3/h5-9,13-14,16H,10-12,15H2,1-4H3. The van der Waals surface area contributed by atoms with Crippen LogP contribution in [-0.2, 0) is 19.4 Å². The Bertz CT molecular complexity index is 1380. The molecule has 1 atom stereocenters. The maximum atomic E-state index is 14.0. The Morgan fingerprint density at radius 3 is 2.41 bits per heavy atom. The molecule has 2 aromatic carbocycles. The van der Waals surface area contributed by atoms with Crippen LogP contribution in [0.3, 0.4) is 0 Å². The molecule has 1 aliphatic rings. The van der Waals surface area contributed by atoms with Crippen LogP contribution in [0.5, 0.6) is 17.2 Å². The minimum atomic E-state index is 0.00389. The van der Waals surface area contributed by atoms with Crippen molar-refractivity contribution in [1.29, 1.82) is 0 Å². The fourth-order valence-corrected chi connectivity index (χ4v) is 5.98. The van der Waals surface area contributed by atoms with Crippen molar-refractivity contribution in [3.05, 3.63) is 68.8 Å². The van der Waals surface area contributed by atoms with Crippen LogP contribution in [-0.4, -0.2) is 30.9 Å². The molecule has 176 valence electrons. The smallest absolute Gasteiger partial charge is 0.263 e. The molecule has 0 radical (unpaired) electrons. The summed E-state index contributed by atoms with van der Waals surface area (Å²) in [6.45, 7) is 2.68. The Labute approximate surface area is 202 Å². The van der Waals surface area contributed by atoms with E-state index in [1.807, 2.05) is 42.5 Å². The molecule has 34 heavy (non-hydrogen) atoms. The Morgan fingerprint density at radius 2 is 1.76 bits per heavy atom. The lowest BCUT2D eigenvalue weighted by atomic mass is 9.89. The quantitative estimate of drug-likeness (QED) is 0.377. The molecule has 4 aromatic rings. The molecule has 0 saturated carbocycles. The van der Waals surface area contributed by atoms with Gasteiger partial charge in [0.1, 0.15) is 10.7 Å². The van der Waals surface area contributed by atoms with E-state index in [1.54, 1.807) is 37.2 Å². The zero-order valence-electron chi connectivity index (χ0n) is 19.9. The molecule has 0 spiro atoms. The molecule has 6 nitrogen and oxygen atoms in total. The molecule has 0 aliphatic heterocycles. The lowest BCUT2D eigenvalue weighted by molar-refractivity contribution is 0.324. The number of benzene rings is 2. The highest BCUT2D eigenvalue weighted by atomic mass is 32.1. The number of hydrogen-bond acceptors (Lipinski definition) is 6. The van der Waals surface area contributed by atoms with Crippen molar-refractivity contribution in [3.8, 4) is 28.6 Å². The summed E-state index contributed by atoms with van der Waals surface area (Å²) in [6, 6.07) is 13.7. The molecule has 0 N–H and O–H groups in total. The van der Waals surface area contributed by atoms with Gasteiger partial charge in [-0.25, -0.2) is 4.98 Å². The van der Waals surface area contributed by atoms with Crippen LogP contribution in [0.1, 0.15) is 29.3 Å². The van der Waals surface area contributed by atoms with Crippen molar-refractivity contribution >= 4 is 21.6 Å². The van der Waals surface area contributed by atoms with Gasteiger partial charge in [-0.1, -0.05) is 37.3 Å². The molecule has 0 bridgehead atoms. The third-order valence-electron chi connectivity index (χ3n) is 6.52. The molecule has 2 heterocycles. The van der Waals surface area contributed by atoms with E-state index in [4.69, 9.17) is 19.2 Å². The van der Waals surface area contributed by atoms with Gasteiger partial charge in [0, 0.05) is 10.4 Å². The van der Waals surface area contributed by atoms with Crippen LogP contribution < -0.4 is 19.8 Å². The van der Waals surface area contributed by atoms with E-state index in [0.717, 1.165) is 40.6 Å². The van der Waals surface area contributed by atoms with Crippen molar-refractivity contribution in [3.63, 3.8) is 0 Å². The Balaban J connectivity index is 1.79. The van der Waals surface area contributed by atoms with Crippen LogP contribution in [0, 0.1) is 5.92 Å². The van der Waals surface area contributed by atoms with E-state index in [2.05, 4.69) is 6.92 Å². The number of hydrogen-bond donors (Lipinski definition) is 0. The van der Waals surface area contributed by atoms with E-state index in [0.29, 0.717) is 35.5 Å². The molecule has 2 aromatic heterocycles. The highest BCUT2D eigenvalue weighted by Gasteiger charge is 2.26. The summed E-state index contributed by atoms with van der Waals surface area (Å²) in [7, 11) is 4.75. The average molecular weight is 477 g/mol. The number of aryl methyl sites for hydroxylation is 1. The van der Waals surface area contributed by atoms with Gasteiger partial charge in [0.2, 0.25) is 5.75 Å². The number of ether oxygens (including phenoxy) is 3. The summed E-state index contributed by atoms with van der Waals surface area (Å²) in [5.41, 5.74) is 2.97. The van der Waals surface area contributed by atoms with Gasteiger partial charge in [-0.3, -0.25) is 9.36 Å². The maximum absolute atomic E-state index is 14.0. The van der Waals surface area contributed by atoms with E-state index < -0.39 is 0 Å². The van der Waals surface area contributed by atoms with E-state index in [-0.39, 0.29) is 5.56 Å². The number of methoxy groups -OCH3 is 3. The molecule has 1 aliphatic carbocycles. The summed E-state index contributed by atoms with van der Waals surface area (Å²) in [4.78, 5) is 21.2. The minimum absolute atomic E-state index is 0.00389. The first-order valence-corrected chi connectivity index (χ1v) is 12.2. The zero-order valence-corrected chi connectivity index (χ0v) is 20.7. The first kappa shape index (κ1) is 22.5. The molecule has 1 unspecified atom stereocenters. The van der Waals surface area contributed by atoms with Crippen LogP contribution in [0.15, 0.2) is 47.3 Å². The summed E-state index contributed by atoms with van der Waals surface area (Å²) < 4.78 is 18.4. The highest BCUT2D eigenvalue weighted by molar-refractivity contribution is 7.18. The largest absolute Gasteiger partial charge is 0.493 e. The van der Waals surface area contributed by atoms with Crippen molar-refractivity contribution < 1.29 is 14.2 Å². The molecular formula is C27H28N2O4S. The molecule has 0 amide bonds. The summed E-state index contributed by atoms with van der Waals surface area (Å²) in [5.74, 6) is 2.72. The predicted molar refractivity (Wildman–Crippen MR) is 136 cm³/mol. The van der Waals surface area contributed by atoms with Gasteiger partial charge >= 0.3 is 0 Å². The second-order valence-corrected chi connectivity index (χ2v) is 9.84. The lowest BCUT2D eigenvalue weighted by Gasteiger charge is -2.19. The molecular weight excluding hydrogens is 448 g/mol. The minimum Gasteiger partial charge on any atom is -0.493 e. The lowest BCUT2D eigenvalue weighted by Crippen LogP contribution is -2.25. The van der Waals surface area contributed by atoms with Gasteiger partial charge in [0.25, 0.3) is 5.56 Å². The average Bonchev–Trinajstić information content (AvgIpc) is 3.23. The predicted octanol–water partition coefficient (Wildman–Crippen LogP) is 5.32. The van der Waals surface area contributed by atoms with Crippen molar-refractivity contribution in [2.24, 2.45) is 5.92 Å². The molecule has 5 rings (SSSR count). The van der Waals surface area contributed by atoms with Gasteiger partial charge in [-0.05, 0) is 48.4 Å². The Morgan fingerprint density at radius 1 is 1.06 bits per heavy atom. The van der Waals surface area contributed by atoms with Crippen LogP contribution in [0.25, 0.3) is 21.6 Å². The summed E-state index contributed by atoms with van der Waals surface area (Å²) >= 11 is 1.66. The molecule has 0 saturated heterocycles. The van der Waals surface area contributed by atoms with Gasteiger partial charge in [0.15, 0.2) is 11.5 Å². The Hall–Kier alpha value is -3.32. The second-order valence-electron chi connectivity index (χ2n) is 8.76. The Kier molecular flexibility index (Phi) is 6.04. The first-order chi connectivity index (χ1) is 16.5. The van der Waals surface area contributed by atoms with Crippen molar-refractivity contribution in [2.45, 2.75) is 32.7 Å². The number of rotatable bonds is 6. The highest BCUT2D eigenvalue weighted by Crippen LogP contribution is 2.42. The zero-order chi connectivity index (χ0) is 23.8. The van der Waals surface area contributed by atoms with Crippen LogP contribution in [0.2, 0.25) is 0 Å². The number of nitrogens with zero attached hydrogens (tertiary/aromatic N) is 2. The first-order valence-electron chi connectivity index (χ1n) is 11.4. The summed E-state index contributed by atoms with van der Waals surface area (Å²) in [6.07, 6.45) is 3.09. The van der Waals surface area contributed by atoms with Gasteiger partial charge in [0.05, 0.1) is 33.3 Å². The van der Waals surface area contributed by atoms with Gasteiger partial charge < -0.3 is 14.2 Å². The van der Waals surface area contributed by atoms with Gasteiger partial charge in [-0.2, -0.15) is 0 Å². The second kappa shape index (κ2) is 9.14. The number of thiophene rings is 1. The fraction of sp³-hybridized carbons (Fsp3) is 0.333. The van der Waals surface area contributed by atoms with E-state index in [1.165, 1.54) is 10.4 Å². The maximum Gasteiger partial charge on any atom is 0.263 e. The topological polar surface area (TPSA) is 62.6 Å². The number of aromatic nitrogens is 2.